The first-order chi connectivity index (χ1) is 11.5. The smallest absolute Gasteiger partial charge is 0.0645 e. The van der Waals surface area contributed by atoms with Gasteiger partial charge in [0.1, 0.15) is 0 Å². The number of anilines is 2. The van der Waals surface area contributed by atoms with Crippen LogP contribution < -0.4 is 10.2 Å². The number of hydrogen-bond acceptors (Lipinski definition) is 2. The highest BCUT2D eigenvalue weighted by molar-refractivity contribution is 5.71. The van der Waals surface area contributed by atoms with Gasteiger partial charge in [0, 0.05) is 17.9 Å². The molecule has 2 nitrogen and oxygen atoms in total. The summed E-state index contributed by atoms with van der Waals surface area (Å²) in [5, 5.41) is 3.14. The maximum Gasteiger partial charge on any atom is 0.0645 e. The van der Waals surface area contributed by atoms with Gasteiger partial charge >= 0.3 is 0 Å². The van der Waals surface area contributed by atoms with Crippen molar-refractivity contribution < 1.29 is 5.48 Å². The molecule has 1 heterocycles. The lowest BCUT2D eigenvalue weighted by Crippen LogP contribution is -2.22. The van der Waals surface area contributed by atoms with Crippen LogP contribution >= 0.6 is 0 Å². The van der Waals surface area contributed by atoms with Crippen molar-refractivity contribution in [2.45, 2.75) is 19.3 Å². The van der Waals surface area contributed by atoms with Gasteiger partial charge in [-0.2, -0.15) is 0 Å². The molecule has 0 amide bonds. The molecule has 1 N–H and O–H groups in total. The van der Waals surface area contributed by atoms with Gasteiger partial charge in [-0.1, -0.05) is 36.4 Å². The van der Waals surface area contributed by atoms with E-state index in [2.05, 4.69) is 10.2 Å². The van der Waals surface area contributed by atoms with Gasteiger partial charge in [0.15, 0.2) is 0 Å². The van der Waals surface area contributed by atoms with Crippen molar-refractivity contribution in [2.75, 3.05) is 25.0 Å². The Morgan fingerprint density at radius 3 is 2.25 bits per heavy atom. The molecule has 104 valence electrons. The lowest BCUT2D eigenvalue weighted by atomic mass is 10.0. The molecule has 0 unspecified atom stereocenters. The number of para-hydroxylation sites is 2. The van der Waals surface area contributed by atoms with Crippen molar-refractivity contribution in [3.63, 3.8) is 0 Å². The molecule has 20 heavy (non-hydrogen) atoms. The summed E-state index contributed by atoms with van der Waals surface area (Å²) in [6.45, 7) is 1.56. The van der Waals surface area contributed by atoms with E-state index in [1.54, 1.807) is 12.1 Å². The zero-order chi connectivity index (χ0) is 17.3. The fourth-order valence-electron chi connectivity index (χ4n) is 2.73. The highest BCUT2D eigenvalue weighted by Crippen LogP contribution is 2.35. The largest absolute Gasteiger partial charge is 0.341 e. The van der Waals surface area contributed by atoms with Crippen LogP contribution in [0.3, 0.4) is 0 Å². The zero-order valence-electron chi connectivity index (χ0n) is 15.8. The minimum atomic E-state index is 0.337. The van der Waals surface area contributed by atoms with E-state index in [4.69, 9.17) is 5.48 Å². The van der Waals surface area contributed by atoms with Crippen LogP contribution in [0.5, 0.6) is 0 Å². The monoisotopic (exact) mass is 270 g/mol. The Hall–Kier alpha value is -1.80. The van der Waals surface area contributed by atoms with E-state index in [1.165, 1.54) is 0 Å². The van der Waals surface area contributed by atoms with E-state index in [9.17, 15) is 0 Å². The molecule has 0 spiro atoms. The van der Waals surface area contributed by atoms with Gasteiger partial charge in [0.2, 0.25) is 0 Å². The molecule has 2 aromatic rings. The Kier molecular flexibility index (Phi) is 2.80. The minimum absolute atomic E-state index is 0.337. The number of hydrogen-bond donors (Lipinski definition) is 1. The molecule has 3 rings (SSSR count). The summed E-state index contributed by atoms with van der Waals surface area (Å²) >= 11 is 0. The molecule has 1 aliphatic rings. The van der Waals surface area contributed by atoms with E-state index < -0.39 is 0 Å². The molecule has 0 saturated carbocycles. The Labute approximate surface area is 127 Å². The van der Waals surface area contributed by atoms with Gasteiger partial charge in [-0.15, -0.1) is 0 Å². The Morgan fingerprint density at radius 1 is 1.10 bits per heavy atom. The number of nitrogens with one attached hydrogen (secondary N) is 1. The van der Waals surface area contributed by atoms with E-state index in [0.717, 1.165) is 48.3 Å². The summed E-state index contributed by atoms with van der Waals surface area (Å²) in [4.78, 5) is 2.05. The predicted molar refractivity (Wildman–Crippen MR) is 85.8 cm³/mol. The molecule has 2 heteroatoms. The molecule has 0 fully saturated rings. The number of benzene rings is 2. The molecule has 1 aliphatic heterocycles. The van der Waals surface area contributed by atoms with Crippen LogP contribution in [-0.2, 0) is 12.8 Å². The van der Waals surface area contributed by atoms with E-state index in [1.807, 2.05) is 19.2 Å². The minimum Gasteiger partial charge on any atom is -0.341 e. The quantitative estimate of drug-likeness (QED) is 0.855. The summed E-state index contributed by atoms with van der Waals surface area (Å²) in [7, 11) is 1.91. The maximum atomic E-state index is 8.38. The highest BCUT2D eigenvalue weighted by atomic mass is 15.1. The second-order valence-corrected chi connectivity index (χ2v) is 5.06. The molecular weight excluding hydrogens is 244 g/mol. The summed E-state index contributed by atoms with van der Waals surface area (Å²) < 4.78 is 32.6. The summed E-state index contributed by atoms with van der Waals surface area (Å²) in [6.07, 6.45) is 2.35. The third-order valence-corrected chi connectivity index (χ3v) is 3.72. The second-order valence-electron chi connectivity index (χ2n) is 5.06. The van der Waals surface area contributed by atoms with Crippen LogP contribution in [0.4, 0.5) is 11.4 Å². The van der Waals surface area contributed by atoms with Crippen molar-refractivity contribution in [3.8, 4) is 0 Å². The van der Waals surface area contributed by atoms with Crippen LogP contribution in [0.1, 0.15) is 23.0 Å². The normalized spacial score (nSPS) is 16.4. The number of aryl methyl sites for hydroxylation is 2. The molecule has 0 atom stereocenters. The van der Waals surface area contributed by atoms with Crippen LogP contribution in [0.15, 0.2) is 48.4 Å². The van der Waals surface area contributed by atoms with Crippen molar-refractivity contribution in [3.05, 3.63) is 59.6 Å². The number of fused-ring (bicyclic) bond motifs is 2. The summed E-state index contributed by atoms with van der Waals surface area (Å²) in [6, 6.07) is 8.17. The first-order valence-electron chi connectivity index (χ1n) is 9.13. The van der Waals surface area contributed by atoms with Crippen molar-refractivity contribution in [2.24, 2.45) is 0 Å². The lowest BCUT2D eigenvalue weighted by molar-refractivity contribution is 0.723. The lowest BCUT2D eigenvalue weighted by Gasteiger charge is -2.27. The average Bonchev–Trinajstić information content (AvgIpc) is 2.65. The van der Waals surface area contributed by atoms with Crippen LogP contribution in [0.2, 0.25) is 0 Å². The van der Waals surface area contributed by atoms with Gasteiger partial charge in [-0.25, -0.2) is 0 Å². The maximum absolute atomic E-state index is 8.38. The topological polar surface area (TPSA) is 15.3 Å². The number of rotatable bonds is 4. The first-order valence-corrected chi connectivity index (χ1v) is 7.13. The predicted octanol–water partition coefficient (Wildman–Crippen LogP) is 3.53. The van der Waals surface area contributed by atoms with Crippen LogP contribution in [0.25, 0.3) is 0 Å². The molecule has 0 bridgehead atoms. The van der Waals surface area contributed by atoms with Crippen LogP contribution in [-0.4, -0.2) is 20.1 Å². The van der Waals surface area contributed by atoms with Gasteiger partial charge in [-0.05, 0) is 56.1 Å². The molecule has 0 radical (unpaired) electrons. The molecule has 2 aromatic carbocycles. The zero-order valence-corrected chi connectivity index (χ0v) is 11.8. The van der Waals surface area contributed by atoms with E-state index in [0.29, 0.717) is 30.7 Å². The van der Waals surface area contributed by atoms with Gasteiger partial charge < -0.3 is 10.2 Å². The average molecular weight is 270 g/mol. The molecule has 0 aliphatic carbocycles. The Bertz CT molecular complexity index is 702. The van der Waals surface area contributed by atoms with Crippen molar-refractivity contribution in [1.82, 2.24) is 5.32 Å². The second kappa shape index (κ2) is 6.10. The molecule has 0 aromatic heterocycles. The number of nitrogens with zero attached hydrogens (tertiary/aromatic N) is 1. The molecule has 0 saturated heterocycles. The highest BCUT2D eigenvalue weighted by Gasteiger charge is 2.19. The van der Waals surface area contributed by atoms with Crippen molar-refractivity contribution >= 4 is 11.4 Å². The van der Waals surface area contributed by atoms with Crippen LogP contribution in [0, 0.1) is 0 Å². The molecular formula is C18H22N2. The fourth-order valence-corrected chi connectivity index (χ4v) is 2.73. The van der Waals surface area contributed by atoms with E-state index >= 15 is 0 Å². The van der Waals surface area contributed by atoms with Gasteiger partial charge in [-0.3, -0.25) is 0 Å². The van der Waals surface area contributed by atoms with Gasteiger partial charge in [0.05, 0.1) is 5.48 Å². The van der Waals surface area contributed by atoms with E-state index in [-0.39, 0.29) is 0 Å². The summed E-state index contributed by atoms with van der Waals surface area (Å²) in [5.41, 5.74) is 3.59. The first kappa shape index (κ1) is 9.19. The van der Waals surface area contributed by atoms with Crippen molar-refractivity contribution in [1.29, 1.82) is 0 Å². The summed E-state index contributed by atoms with van der Waals surface area (Å²) in [5.74, 6) is 0. The Balaban J connectivity index is 2.16. The third kappa shape index (κ3) is 2.56. The fraction of sp³-hybridized carbons (Fsp3) is 0.333. The Morgan fingerprint density at radius 2 is 1.70 bits per heavy atom. The SMILES string of the molecule is [2H]c1cc([2H])c2c(c1)CCc1cc([2H])cc([2H])c1N2CCCNC. The third-order valence-electron chi connectivity index (χ3n) is 3.72. The standard InChI is InChI=1S/C18H22N2/c1-19-13-6-14-20-17-9-4-2-7-15(17)11-12-16-8-3-5-10-18(16)20/h2-5,7-10,19H,6,11-14H2,1H3/i2D,3D,9D,10D. The van der Waals surface area contributed by atoms with Gasteiger partial charge in [0.25, 0.3) is 0 Å².